The van der Waals surface area contributed by atoms with E-state index in [2.05, 4.69) is 59.2 Å². The van der Waals surface area contributed by atoms with Crippen LogP contribution >= 0.6 is 0 Å². The fourth-order valence-electron chi connectivity index (χ4n) is 10.0. The second-order valence-electron chi connectivity index (χ2n) is 16.0. The van der Waals surface area contributed by atoms with E-state index in [0.29, 0.717) is 42.0 Å². The number of nitrogens with one attached hydrogen (secondary N) is 1. The van der Waals surface area contributed by atoms with Gasteiger partial charge in [-0.2, -0.15) is 0 Å². The molecule has 0 radical (unpaired) electrons. The summed E-state index contributed by atoms with van der Waals surface area (Å²) in [6.45, 7) is 21.4. The summed E-state index contributed by atoms with van der Waals surface area (Å²) in [5.41, 5.74) is 0.474. The van der Waals surface area contributed by atoms with E-state index in [9.17, 15) is 9.59 Å². The van der Waals surface area contributed by atoms with Crippen LogP contribution in [0.3, 0.4) is 0 Å². The molecule has 1 N–H and O–H groups in total. The third-order valence-corrected chi connectivity index (χ3v) is 19.1. The van der Waals surface area contributed by atoms with Gasteiger partial charge in [-0.3, -0.25) is 9.59 Å². The Balaban J connectivity index is 1.65. The average Bonchev–Trinajstić information content (AvgIpc) is 3.20. The van der Waals surface area contributed by atoms with Gasteiger partial charge in [0.1, 0.15) is 5.78 Å². The maximum Gasteiger partial charge on any atom is 0.220 e. The molecule has 3 saturated carbocycles. The molecule has 4 aliphatic rings. The summed E-state index contributed by atoms with van der Waals surface area (Å²) in [6.07, 6.45) is 12.6. The van der Waals surface area contributed by atoms with Crippen LogP contribution in [0.5, 0.6) is 0 Å². The van der Waals surface area contributed by atoms with E-state index >= 15 is 0 Å². The van der Waals surface area contributed by atoms with Crippen molar-refractivity contribution in [1.82, 2.24) is 5.32 Å². The SMILES string of the molecule is CCCC[Si](C)(C)O[C@H]1CC[C@H]2[C@@H]3[C@@H](C(=O)CC)C[C@H]4NC(=O)C([Si](C)(C)CCCC)C[C@]4(C)[C@H]3CC[C@]12C. The van der Waals surface area contributed by atoms with Gasteiger partial charge in [0.05, 0.1) is 14.2 Å². The number of fused-ring (bicyclic) bond motifs is 5. The zero-order valence-corrected chi connectivity index (χ0v) is 29.0. The van der Waals surface area contributed by atoms with Gasteiger partial charge in [-0.25, -0.2) is 0 Å². The van der Waals surface area contributed by atoms with Crippen molar-refractivity contribution in [2.45, 2.75) is 161 Å². The lowest BCUT2D eigenvalue weighted by atomic mass is 9.44. The van der Waals surface area contributed by atoms with Crippen LogP contribution in [-0.4, -0.2) is 40.2 Å². The third-order valence-electron chi connectivity index (χ3n) is 12.6. The number of ketones is 1. The molecule has 1 unspecified atom stereocenters. The van der Waals surface area contributed by atoms with Crippen LogP contribution in [0.25, 0.3) is 0 Å². The minimum absolute atomic E-state index is 0.0917. The number of carbonyl (C=O) groups excluding carboxylic acids is 2. The molecule has 1 amide bonds. The number of amides is 1. The van der Waals surface area contributed by atoms with E-state index in [1.807, 2.05) is 6.92 Å². The maximum atomic E-state index is 13.6. The Bertz CT molecular complexity index is 905. The topological polar surface area (TPSA) is 55.4 Å². The predicted octanol–water partition coefficient (Wildman–Crippen LogP) is 8.59. The highest BCUT2D eigenvalue weighted by Crippen LogP contribution is 2.67. The summed E-state index contributed by atoms with van der Waals surface area (Å²) in [5.74, 6) is 2.37. The highest BCUT2D eigenvalue weighted by molar-refractivity contribution is 6.81. The Morgan fingerprint density at radius 1 is 0.949 bits per heavy atom. The molecule has 4 nitrogen and oxygen atoms in total. The molecule has 224 valence electrons. The van der Waals surface area contributed by atoms with E-state index in [4.69, 9.17) is 4.43 Å². The second kappa shape index (κ2) is 11.7. The van der Waals surface area contributed by atoms with Crippen molar-refractivity contribution in [2.75, 3.05) is 0 Å². The summed E-state index contributed by atoms with van der Waals surface area (Å²) in [5, 5.41) is 3.59. The van der Waals surface area contributed by atoms with E-state index in [1.54, 1.807) is 0 Å². The molecule has 39 heavy (non-hydrogen) atoms. The van der Waals surface area contributed by atoms with Crippen molar-refractivity contribution in [1.29, 1.82) is 0 Å². The van der Waals surface area contributed by atoms with Crippen molar-refractivity contribution in [3.8, 4) is 0 Å². The third kappa shape index (κ3) is 5.78. The molecule has 0 aromatic rings. The van der Waals surface area contributed by atoms with Crippen molar-refractivity contribution in [3.63, 3.8) is 0 Å². The van der Waals surface area contributed by atoms with E-state index in [0.717, 1.165) is 19.3 Å². The minimum atomic E-state index is -1.70. The number of hydrogen-bond donors (Lipinski definition) is 1. The van der Waals surface area contributed by atoms with Crippen LogP contribution in [0.4, 0.5) is 0 Å². The zero-order chi connectivity index (χ0) is 28.8. The Morgan fingerprint density at radius 3 is 2.23 bits per heavy atom. The van der Waals surface area contributed by atoms with Crippen LogP contribution in [0.1, 0.15) is 105 Å². The van der Waals surface area contributed by atoms with Gasteiger partial charge in [0.15, 0.2) is 8.32 Å². The molecular formula is C33H61NO3Si2. The number of unbranched alkanes of at least 4 members (excludes halogenated alkanes) is 2. The highest BCUT2D eigenvalue weighted by atomic mass is 28.4. The Labute approximate surface area is 242 Å². The van der Waals surface area contributed by atoms with Crippen molar-refractivity contribution < 1.29 is 14.0 Å². The van der Waals surface area contributed by atoms with Gasteiger partial charge in [0.2, 0.25) is 5.91 Å². The number of carbonyl (C=O) groups is 2. The monoisotopic (exact) mass is 575 g/mol. The molecule has 4 fully saturated rings. The molecule has 1 heterocycles. The van der Waals surface area contributed by atoms with Crippen LogP contribution in [0, 0.1) is 34.5 Å². The van der Waals surface area contributed by atoms with Gasteiger partial charge in [0, 0.05) is 23.9 Å². The van der Waals surface area contributed by atoms with Crippen LogP contribution in [0.15, 0.2) is 0 Å². The molecule has 6 heteroatoms. The summed E-state index contributed by atoms with van der Waals surface area (Å²) in [4.78, 5) is 27.2. The smallest absolute Gasteiger partial charge is 0.220 e. The van der Waals surface area contributed by atoms with Crippen LogP contribution in [-0.2, 0) is 14.0 Å². The number of piperidine rings is 1. The molecule has 0 aromatic heterocycles. The fraction of sp³-hybridized carbons (Fsp3) is 0.939. The number of rotatable bonds is 11. The van der Waals surface area contributed by atoms with Crippen LogP contribution in [0.2, 0.25) is 43.8 Å². The quantitative estimate of drug-likeness (QED) is 0.251. The molecule has 0 spiro atoms. The van der Waals surface area contributed by atoms with Crippen molar-refractivity contribution in [2.24, 2.45) is 34.5 Å². The maximum absolute atomic E-state index is 13.6. The van der Waals surface area contributed by atoms with Gasteiger partial charge >= 0.3 is 0 Å². The number of Topliss-reactive ketones (excluding diaryl/α,β-unsaturated/α-hetero) is 1. The van der Waals surface area contributed by atoms with Gasteiger partial charge < -0.3 is 9.74 Å². The molecule has 1 saturated heterocycles. The first-order chi connectivity index (χ1) is 18.2. The summed E-state index contributed by atoms with van der Waals surface area (Å²) >= 11 is 0. The van der Waals surface area contributed by atoms with E-state index in [1.165, 1.54) is 57.0 Å². The second-order valence-corrected chi connectivity index (χ2v) is 25.4. The average molecular weight is 576 g/mol. The van der Waals surface area contributed by atoms with E-state index in [-0.39, 0.29) is 28.3 Å². The van der Waals surface area contributed by atoms with Gasteiger partial charge in [-0.1, -0.05) is 79.4 Å². The Morgan fingerprint density at radius 2 is 1.59 bits per heavy atom. The zero-order valence-electron chi connectivity index (χ0n) is 27.0. The van der Waals surface area contributed by atoms with Crippen molar-refractivity contribution in [3.05, 3.63) is 0 Å². The summed E-state index contributed by atoms with van der Waals surface area (Å²) in [6, 6.07) is 2.64. The molecular weight excluding hydrogens is 515 g/mol. The van der Waals surface area contributed by atoms with Crippen molar-refractivity contribution >= 4 is 28.1 Å². The first-order valence-corrected chi connectivity index (χ1v) is 23.1. The molecule has 3 aliphatic carbocycles. The normalized spacial score (nSPS) is 40.4. The lowest BCUT2D eigenvalue weighted by molar-refractivity contribution is -0.157. The molecule has 4 rings (SSSR count). The molecule has 1 aliphatic heterocycles. The standard InChI is InChI=1S/C33H61NO3Si2/c1-10-13-19-38(6,7)27-22-33(5)25-17-18-32(4)24(15-16-29(32)37-39(8,9)20-14-11-2)30(25)23(26(35)12-3)21-28(33)34-31(27)36/h23-25,27-30H,10-22H2,1-9H3,(H,34,36)/t23-,24+,25+,27?,28-,29+,30+,32+,33-/m1/s1. The summed E-state index contributed by atoms with van der Waals surface area (Å²) in [7, 11) is -3.40. The molecule has 0 bridgehead atoms. The Hall–Kier alpha value is -0.466. The lowest BCUT2D eigenvalue weighted by Gasteiger charge is -2.63. The largest absolute Gasteiger partial charge is 0.414 e. The molecule has 0 aromatic carbocycles. The highest BCUT2D eigenvalue weighted by Gasteiger charge is 2.65. The molecule has 9 atom stereocenters. The van der Waals surface area contributed by atoms with Crippen LogP contribution < -0.4 is 5.32 Å². The number of hydrogen-bond acceptors (Lipinski definition) is 3. The predicted molar refractivity (Wildman–Crippen MR) is 168 cm³/mol. The van der Waals surface area contributed by atoms with Gasteiger partial charge in [0.25, 0.3) is 0 Å². The minimum Gasteiger partial charge on any atom is -0.414 e. The van der Waals surface area contributed by atoms with Gasteiger partial charge in [-0.05, 0) is 86.2 Å². The Kier molecular flexibility index (Phi) is 9.41. The fourth-order valence-corrected chi connectivity index (χ4v) is 15.9. The first-order valence-electron chi connectivity index (χ1n) is 16.7. The summed E-state index contributed by atoms with van der Waals surface area (Å²) < 4.78 is 7.12. The first kappa shape index (κ1) is 31.5. The van der Waals surface area contributed by atoms with E-state index < -0.39 is 16.4 Å². The lowest BCUT2D eigenvalue weighted by Crippen LogP contribution is -2.67. The van der Waals surface area contributed by atoms with Gasteiger partial charge in [-0.15, -0.1) is 0 Å².